The van der Waals surface area contributed by atoms with Crippen LogP contribution in [0.1, 0.15) is 13.3 Å². The third-order valence-electron chi connectivity index (χ3n) is 3.83. The van der Waals surface area contributed by atoms with Crippen LogP contribution in [0.4, 0.5) is 0 Å². The fourth-order valence-corrected chi connectivity index (χ4v) is 2.61. The number of aromatic nitrogens is 4. The van der Waals surface area contributed by atoms with Crippen LogP contribution in [-0.2, 0) is 20.6 Å². The van der Waals surface area contributed by atoms with Gasteiger partial charge in [-0.25, -0.2) is 9.78 Å². The lowest BCUT2D eigenvalue weighted by molar-refractivity contribution is 0.191. The van der Waals surface area contributed by atoms with Crippen molar-refractivity contribution in [2.75, 3.05) is 26.2 Å². The second-order valence-electron chi connectivity index (χ2n) is 5.38. The smallest absolute Gasteiger partial charge is 0.332 e. The molecule has 0 atom stereocenters. The van der Waals surface area contributed by atoms with E-state index in [2.05, 4.69) is 16.8 Å². The summed E-state index contributed by atoms with van der Waals surface area (Å²) in [5.74, 6) is 0. The molecular weight excluding hydrogens is 286 g/mol. The van der Waals surface area contributed by atoms with Crippen molar-refractivity contribution in [3.63, 3.8) is 0 Å². The topological polar surface area (TPSA) is 85.3 Å². The largest absolute Gasteiger partial charge is 0.395 e. The molecule has 2 aromatic heterocycles. The molecule has 122 valence electrons. The zero-order valence-corrected chi connectivity index (χ0v) is 13.3. The number of hydrogen-bond acceptors (Lipinski definition) is 5. The molecule has 0 fully saturated rings. The Kier molecular flexibility index (Phi) is 5.15. The van der Waals surface area contributed by atoms with Gasteiger partial charge in [0, 0.05) is 33.7 Å². The molecule has 0 aromatic carbocycles. The standard InChI is InChI=1S/C14H23N5O3/c1-4-5-18(8-9-20)6-7-19-10-15-12-11(19)13(21)17(3)14(22)16(12)2/h10,20H,4-9H2,1-3H3. The zero-order chi connectivity index (χ0) is 16.3. The average molecular weight is 309 g/mol. The fraction of sp³-hybridized carbons (Fsp3) is 0.643. The van der Waals surface area contributed by atoms with Gasteiger partial charge in [0.25, 0.3) is 5.56 Å². The van der Waals surface area contributed by atoms with E-state index in [1.807, 2.05) is 0 Å². The molecule has 8 nitrogen and oxygen atoms in total. The second-order valence-corrected chi connectivity index (χ2v) is 5.38. The lowest BCUT2D eigenvalue weighted by atomic mass is 10.4. The number of hydrogen-bond donors (Lipinski definition) is 1. The van der Waals surface area contributed by atoms with Gasteiger partial charge in [-0.1, -0.05) is 6.92 Å². The van der Waals surface area contributed by atoms with E-state index in [0.717, 1.165) is 17.5 Å². The van der Waals surface area contributed by atoms with Gasteiger partial charge >= 0.3 is 5.69 Å². The van der Waals surface area contributed by atoms with E-state index in [9.17, 15) is 9.59 Å². The number of fused-ring (bicyclic) bond motifs is 1. The molecule has 0 aliphatic rings. The van der Waals surface area contributed by atoms with E-state index >= 15 is 0 Å². The third kappa shape index (κ3) is 2.97. The van der Waals surface area contributed by atoms with Gasteiger partial charge in [-0.15, -0.1) is 0 Å². The van der Waals surface area contributed by atoms with Gasteiger partial charge in [-0.05, 0) is 13.0 Å². The highest BCUT2D eigenvalue weighted by atomic mass is 16.3. The normalized spacial score (nSPS) is 11.7. The number of imidazole rings is 1. The molecule has 0 spiro atoms. The summed E-state index contributed by atoms with van der Waals surface area (Å²) in [5, 5.41) is 9.09. The van der Waals surface area contributed by atoms with Gasteiger partial charge in [0.05, 0.1) is 12.9 Å². The van der Waals surface area contributed by atoms with Gasteiger partial charge in [0.2, 0.25) is 0 Å². The lowest BCUT2D eigenvalue weighted by Gasteiger charge is -2.20. The molecule has 2 rings (SSSR count). The molecule has 0 unspecified atom stereocenters. The number of rotatable bonds is 7. The van der Waals surface area contributed by atoms with Gasteiger partial charge < -0.3 is 9.67 Å². The Bertz CT molecular complexity index is 752. The molecule has 8 heteroatoms. The van der Waals surface area contributed by atoms with Crippen molar-refractivity contribution >= 4 is 11.2 Å². The van der Waals surface area contributed by atoms with Crippen LogP contribution >= 0.6 is 0 Å². The number of aryl methyl sites for hydroxylation is 1. The molecule has 0 saturated heterocycles. The molecule has 0 aliphatic carbocycles. The summed E-state index contributed by atoms with van der Waals surface area (Å²) in [5.41, 5.74) is 0.123. The molecular formula is C14H23N5O3. The highest BCUT2D eigenvalue weighted by Gasteiger charge is 2.14. The number of aliphatic hydroxyl groups is 1. The molecule has 22 heavy (non-hydrogen) atoms. The van der Waals surface area contributed by atoms with Crippen LogP contribution in [0, 0.1) is 0 Å². The summed E-state index contributed by atoms with van der Waals surface area (Å²) in [6, 6.07) is 0. The fourth-order valence-electron chi connectivity index (χ4n) is 2.61. The molecule has 0 aliphatic heterocycles. The summed E-state index contributed by atoms with van der Waals surface area (Å²) in [4.78, 5) is 30.5. The van der Waals surface area contributed by atoms with Crippen molar-refractivity contribution in [3.05, 3.63) is 27.2 Å². The lowest BCUT2D eigenvalue weighted by Crippen LogP contribution is -2.38. The summed E-state index contributed by atoms with van der Waals surface area (Å²) >= 11 is 0. The minimum atomic E-state index is -0.379. The maximum absolute atomic E-state index is 12.3. The molecule has 1 N–H and O–H groups in total. The van der Waals surface area contributed by atoms with E-state index < -0.39 is 0 Å². The molecule has 0 bridgehead atoms. The first-order valence-corrected chi connectivity index (χ1v) is 7.45. The van der Waals surface area contributed by atoms with Gasteiger partial charge in [0.15, 0.2) is 11.2 Å². The first-order chi connectivity index (χ1) is 10.5. The monoisotopic (exact) mass is 309 g/mol. The predicted octanol–water partition coefficient (Wildman–Crippen LogP) is -0.862. The highest BCUT2D eigenvalue weighted by molar-refractivity contribution is 5.69. The van der Waals surface area contributed by atoms with Crippen LogP contribution in [-0.4, -0.2) is 54.9 Å². The van der Waals surface area contributed by atoms with Crippen LogP contribution in [0.15, 0.2) is 15.9 Å². The zero-order valence-electron chi connectivity index (χ0n) is 13.3. The number of aliphatic hydroxyl groups excluding tert-OH is 1. The molecule has 0 radical (unpaired) electrons. The minimum Gasteiger partial charge on any atom is -0.395 e. The Balaban J connectivity index is 2.33. The van der Waals surface area contributed by atoms with Crippen molar-refractivity contribution < 1.29 is 5.11 Å². The third-order valence-corrected chi connectivity index (χ3v) is 3.83. The van der Waals surface area contributed by atoms with Crippen molar-refractivity contribution in [2.45, 2.75) is 19.9 Å². The average Bonchev–Trinajstić information content (AvgIpc) is 2.93. The SMILES string of the molecule is CCCN(CCO)CCn1cnc2c1c(=O)n(C)c(=O)n2C. The second kappa shape index (κ2) is 6.89. The van der Waals surface area contributed by atoms with Crippen molar-refractivity contribution in [1.29, 1.82) is 0 Å². The maximum atomic E-state index is 12.3. The molecule has 2 heterocycles. The quantitative estimate of drug-likeness (QED) is 0.719. The predicted molar refractivity (Wildman–Crippen MR) is 84.0 cm³/mol. The first kappa shape index (κ1) is 16.4. The number of nitrogens with zero attached hydrogens (tertiary/aromatic N) is 5. The van der Waals surface area contributed by atoms with Crippen molar-refractivity contribution in [1.82, 2.24) is 23.6 Å². The summed E-state index contributed by atoms with van der Waals surface area (Å²) in [6.45, 7) is 5.00. The summed E-state index contributed by atoms with van der Waals surface area (Å²) in [6.07, 6.45) is 2.59. The molecule has 0 amide bonds. The Labute approximate surface area is 128 Å². The van der Waals surface area contributed by atoms with E-state index in [4.69, 9.17) is 5.11 Å². The Morgan fingerprint density at radius 3 is 2.55 bits per heavy atom. The molecule has 0 saturated carbocycles. The Morgan fingerprint density at radius 1 is 1.18 bits per heavy atom. The van der Waals surface area contributed by atoms with Gasteiger partial charge in [-0.3, -0.25) is 18.8 Å². The maximum Gasteiger partial charge on any atom is 0.332 e. The van der Waals surface area contributed by atoms with E-state index in [0.29, 0.717) is 30.8 Å². The summed E-state index contributed by atoms with van der Waals surface area (Å²) < 4.78 is 4.25. The van der Waals surface area contributed by atoms with Crippen LogP contribution in [0.3, 0.4) is 0 Å². The van der Waals surface area contributed by atoms with Gasteiger partial charge in [0.1, 0.15) is 0 Å². The highest BCUT2D eigenvalue weighted by Crippen LogP contribution is 2.05. The van der Waals surface area contributed by atoms with Crippen molar-refractivity contribution in [2.24, 2.45) is 14.1 Å². The minimum absolute atomic E-state index is 0.112. The molecule has 2 aromatic rings. The van der Waals surface area contributed by atoms with Crippen LogP contribution in [0.25, 0.3) is 11.2 Å². The van der Waals surface area contributed by atoms with Crippen molar-refractivity contribution in [3.8, 4) is 0 Å². The van der Waals surface area contributed by atoms with Crippen LogP contribution < -0.4 is 11.2 Å². The Morgan fingerprint density at radius 2 is 1.91 bits per heavy atom. The van der Waals surface area contributed by atoms with Crippen LogP contribution in [0.5, 0.6) is 0 Å². The first-order valence-electron chi connectivity index (χ1n) is 7.45. The van der Waals surface area contributed by atoms with Gasteiger partial charge in [-0.2, -0.15) is 0 Å². The van der Waals surface area contributed by atoms with E-state index in [1.54, 1.807) is 17.9 Å². The van der Waals surface area contributed by atoms with E-state index in [-0.39, 0.29) is 17.9 Å². The van der Waals surface area contributed by atoms with E-state index in [1.165, 1.54) is 11.6 Å². The Hall–Kier alpha value is -1.93. The summed E-state index contributed by atoms with van der Waals surface area (Å²) in [7, 11) is 3.08. The van der Waals surface area contributed by atoms with Crippen LogP contribution in [0.2, 0.25) is 0 Å².